The van der Waals surface area contributed by atoms with Crippen molar-refractivity contribution in [1.29, 1.82) is 0 Å². The molecule has 4 aliphatic carbocycles. The molecule has 0 aliphatic heterocycles. The molecule has 0 saturated heterocycles. The lowest BCUT2D eigenvalue weighted by Gasteiger charge is -2.60. The fraction of sp³-hybridized carbons (Fsp3) is 0.905. The van der Waals surface area contributed by atoms with Gasteiger partial charge in [0.2, 0.25) is 0 Å². The van der Waals surface area contributed by atoms with Crippen LogP contribution in [-0.2, 0) is 0 Å². The number of halogens is 1. The Kier molecular flexibility index (Phi) is 3.83. The van der Waals surface area contributed by atoms with Gasteiger partial charge in [-0.05, 0) is 92.1 Å². The average Bonchev–Trinajstić information content (AvgIpc) is 2.79. The van der Waals surface area contributed by atoms with Gasteiger partial charge in [-0.15, -0.1) is 0 Å². The Balaban J connectivity index is 1.66. The second kappa shape index (κ2) is 5.40. The molecule has 0 aromatic heterocycles. The number of fused-ring (bicyclic) bond motifs is 5. The van der Waals surface area contributed by atoms with Crippen LogP contribution in [0.25, 0.3) is 0 Å². The van der Waals surface area contributed by atoms with E-state index in [2.05, 4.69) is 25.1 Å². The van der Waals surface area contributed by atoms with E-state index in [-0.39, 0.29) is 5.41 Å². The van der Waals surface area contributed by atoms with Crippen LogP contribution in [-0.4, -0.2) is 10.7 Å². The first-order valence-corrected chi connectivity index (χ1v) is 10.2. The fourth-order valence-electron chi connectivity index (χ4n) is 7.59. The molecule has 0 aromatic rings. The van der Waals surface area contributed by atoms with Crippen molar-refractivity contribution >= 4 is 11.6 Å². The van der Waals surface area contributed by atoms with Crippen molar-refractivity contribution in [3.8, 4) is 11.3 Å². The van der Waals surface area contributed by atoms with E-state index >= 15 is 0 Å². The monoisotopic (exact) mass is 334 g/mol. The molecular weight excluding hydrogens is 304 g/mol. The third-order valence-corrected chi connectivity index (χ3v) is 9.08. The third kappa shape index (κ3) is 2.10. The highest BCUT2D eigenvalue weighted by Gasteiger charge is 2.64. The molecule has 0 bridgehead atoms. The zero-order chi connectivity index (χ0) is 16.3. The third-order valence-electron chi connectivity index (χ3n) is 8.99. The summed E-state index contributed by atoms with van der Waals surface area (Å²) in [6.45, 7) is 4.91. The fourth-order valence-corrected chi connectivity index (χ4v) is 7.75. The molecule has 4 rings (SSSR count). The summed E-state index contributed by atoms with van der Waals surface area (Å²) in [5, 5.41) is 13.7. The van der Waals surface area contributed by atoms with Crippen LogP contribution in [0.15, 0.2) is 0 Å². The molecule has 0 spiro atoms. The first-order chi connectivity index (χ1) is 10.9. The zero-order valence-corrected chi connectivity index (χ0v) is 15.5. The van der Waals surface area contributed by atoms with Gasteiger partial charge in [-0.2, -0.15) is 0 Å². The summed E-state index contributed by atoms with van der Waals surface area (Å²) in [6.07, 6.45) is 13.0. The van der Waals surface area contributed by atoms with Crippen molar-refractivity contribution in [2.75, 3.05) is 0 Å². The molecule has 7 atom stereocenters. The van der Waals surface area contributed by atoms with E-state index in [1.54, 1.807) is 0 Å². The maximum absolute atomic E-state index is 11.2. The zero-order valence-electron chi connectivity index (χ0n) is 14.7. The lowest BCUT2D eigenvalue weighted by atomic mass is 9.44. The molecule has 4 saturated carbocycles. The second-order valence-electron chi connectivity index (χ2n) is 9.48. The summed E-state index contributed by atoms with van der Waals surface area (Å²) in [5.74, 6) is 6.28. The van der Waals surface area contributed by atoms with E-state index in [0.29, 0.717) is 11.3 Å². The molecule has 2 heteroatoms. The van der Waals surface area contributed by atoms with Crippen LogP contribution in [0.4, 0.5) is 0 Å². The minimum Gasteiger partial charge on any atom is -0.377 e. The van der Waals surface area contributed by atoms with Crippen LogP contribution in [0.2, 0.25) is 0 Å². The van der Waals surface area contributed by atoms with Gasteiger partial charge in [-0.25, -0.2) is 0 Å². The van der Waals surface area contributed by atoms with E-state index in [4.69, 9.17) is 11.6 Å². The predicted octanol–water partition coefficient (Wildman–Crippen LogP) is 5.35. The summed E-state index contributed by atoms with van der Waals surface area (Å²) in [6, 6.07) is 0. The Morgan fingerprint density at radius 3 is 2.48 bits per heavy atom. The summed E-state index contributed by atoms with van der Waals surface area (Å²) >= 11 is 5.69. The molecule has 0 radical (unpaired) electrons. The van der Waals surface area contributed by atoms with Crippen molar-refractivity contribution < 1.29 is 5.11 Å². The first kappa shape index (κ1) is 16.3. The van der Waals surface area contributed by atoms with Crippen LogP contribution in [0, 0.1) is 45.8 Å². The van der Waals surface area contributed by atoms with Crippen LogP contribution in [0.5, 0.6) is 0 Å². The van der Waals surface area contributed by atoms with Crippen LogP contribution in [0.1, 0.15) is 78.1 Å². The Bertz CT molecular complexity index is 548. The van der Waals surface area contributed by atoms with E-state index in [0.717, 1.165) is 37.0 Å². The smallest absolute Gasteiger partial charge is 0.132 e. The molecule has 23 heavy (non-hydrogen) atoms. The largest absolute Gasteiger partial charge is 0.377 e. The van der Waals surface area contributed by atoms with Crippen molar-refractivity contribution in [1.82, 2.24) is 0 Å². The molecule has 1 nitrogen and oxygen atoms in total. The van der Waals surface area contributed by atoms with Crippen LogP contribution >= 0.6 is 11.6 Å². The van der Waals surface area contributed by atoms with Gasteiger partial charge >= 0.3 is 0 Å². The molecule has 1 N–H and O–H groups in total. The average molecular weight is 335 g/mol. The Labute approximate surface area is 146 Å². The molecule has 128 valence electrons. The molecule has 4 fully saturated rings. The molecule has 0 aromatic carbocycles. The van der Waals surface area contributed by atoms with Gasteiger partial charge < -0.3 is 5.11 Å². The summed E-state index contributed by atoms with van der Waals surface area (Å²) in [7, 11) is 0. The van der Waals surface area contributed by atoms with E-state index in [9.17, 15) is 5.11 Å². The molecule has 0 amide bonds. The first-order valence-electron chi connectivity index (χ1n) is 9.80. The molecule has 0 heterocycles. The highest BCUT2D eigenvalue weighted by Crippen LogP contribution is 2.68. The maximum atomic E-state index is 11.2. The van der Waals surface area contributed by atoms with Crippen molar-refractivity contribution in [3.05, 3.63) is 0 Å². The summed E-state index contributed by atoms with van der Waals surface area (Å²) in [4.78, 5) is 0. The van der Waals surface area contributed by atoms with Crippen molar-refractivity contribution in [3.63, 3.8) is 0 Å². The summed E-state index contributed by atoms with van der Waals surface area (Å²) < 4.78 is 0. The Morgan fingerprint density at radius 2 is 1.70 bits per heavy atom. The minimum atomic E-state index is -0.852. The predicted molar refractivity (Wildman–Crippen MR) is 94.9 cm³/mol. The van der Waals surface area contributed by atoms with Gasteiger partial charge in [0.05, 0.1) is 0 Å². The van der Waals surface area contributed by atoms with E-state index in [1.165, 1.54) is 44.9 Å². The van der Waals surface area contributed by atoms with Gasteiger partial charge in [0, 0.05) is 10.8 Å². The number of hydrogen-bond acceptors (Lipinski definition) is 1. The molecule has 4 aliphatic rings. The van der Waals surface area contributed by atoms with Gasteiger partial charge in [0.15, 0.2) is 0 Å². The normalized spacial score (nSPS) is 55.1. The molecule has 0 unspecified atom stereocenters. The van der Waals surface area contributed by atoms with Crippen molar-refractivity contribution in [2.24, 2.45) is 34.5 Å². The number of hydrogen-bond donors (Lipinski definition) is 1. The van der Waals surface area contributed by atoms with Gasteiger partial charge in [-0.1, -0.05) is 32.6 Å². The standard InChI is InChI=1S/C21H31ClO/c1-19-10-4-3-5-15(19)6-7-16-17(19)8-11-20(2)18(16)9-12-21(20,23)13-14-22/h15-18,23H,3-12H2,1-2H3/t15-,16+,17-,18-,19+,20-,21-/m1/s1. The lowest BCUT2D eigenvalue weighted by Crippen LogP contribution is -2.55. The van der Waals surface area contributed by atoms with Gasteiger partial charge in [0.25, 0.3) is 0 Å². The maximum Gasteiger partial charge on any atom is 0.132 e. The van der Waals surface area contributed by atoms with E-state index in [1.807, 2.05) is 0 Å². The number of rotatable bonds is 0. The highest BCUT2D eigenvalue weighted by molar-refractivity contribution is 6.30. The van der Waals surface area contributed by atoms with Crippen LogP contribution in [0.3, 0.4) is 0 Å². The van der Waals surface area contributed by atoms with Crippen molar-refractivity contribution in [2.45, 2.75) is 83.7 Å². The Morgan fingerprint density at radius 1 is 0.913 bits per heavy atom. The summed E-state index contributed by atoms with van der Waals surface area (Å²) in [5.41, 5.74) is -0.329. The van der Waals surface area contributed by atoms with Crippen LogP contribution < -0.4 is 0 Å². The Hall–Kier alpha value is -0.190. The van der Waals surface area contributed by atoms with E-state index < -0.39 is 5.60 Å². The molecular formula is C21H31ClO. The topological polar surface area (TPSA) is 20.2 Å². The minimum absolute atomic E-state index is 0.0477. The highest BCUT2D eigenvalue weighted by atomic mass is 35.5. The SMILES string of the molecule is C[C@]12CCCC[C@@H]1CC[C@H]1[C@H]2CC[C@]2(C)[C@@H]1CC[C@@]2(O)C#CCl. The van der Waals surface area contributed by atoms with Gasteiger partial charge in [-0.3, -0.25) is 0 Å². The lowest BCUT2D eigenvalue weighted by molar-refractivity contribution is -0.134. The number of aliphatic hydroxyl groups is 1. The van der Waals surface area contributed by atoms with Gasteiger partial charge in [0.1, 0.15) is 5.60 Å². The quantitative estimate of drug-likeness (QED) is 0.592. The second-order valence-corrected chi connectivity index (χ2v) is 9.67.